The van der Waals surface area contributed by atoms with Crippen molar-refractivity contribution in [1.82, 2.24) is 10.2 Å². The summed E-state index contributed by atoms with van der Waals surface area (Å²) in [6.45, 7) is 4.24. The van der Waals surface area contributed by atoms with Gasteiger partial charge in [0, 0.05) is 5.92 Å². The van der Waals surface area contributed by atoms with Crippen molar-refractivity contribution in [3.8, 4) is 0 Å². The van der Waals surface area contributed by atoms with Crippen molar-refractivity contribution in [1.29, 1.82) is 0 Å². The minimum atomic E-state index is -0.608. The summed E-state index contributed by atoms with van der Waals surface area (Å²) in [6.07, 6.45) is 3.49. The van der Waals surface area contributed by atoms with E-state index in [2.05, 4.69) is 29.4 Å². The van der Waals surface area contributed by atoms with E-state index in [9.17, 15) is 9.18 Å². The van der Waals surface area contributed by atoms with Gasteiger partial charge in [-0.15, -0.1) is 10.2 Å². The zero-order valence-electron chi connectivity index (χ0n) is 13.3. The average molecular weight is 333 g/mol. The van der Waals surface area contributed by atoms with Crippen LogP contribution in [0.4, 0.5) is 9.52 Å². The molecule has 1 aliphatic rings. The fourth-order valence-electron chi connectivity index (χ4n) is 2.86. The van der Waals surface area contributed by atoms with Crippen molar-refractivity contribution in [2.75, 3.05) is 5.32 Å². The molecule has 0 atom stereocenters. The first kappa shape index (κ1) is 16.1. The molecule has 122 valence electrons. The quantitative estimate of drug-likeness (QED) is 0.860. The second-order valence-corrected chi connectivity index (χ2v) is 7.01. The molecule has 1 amide bonds. The van der Waals surface area contributed by atoms with Gasteiger partial charge in [-0.2, -0.15) is 0 Å². The van der Waals surface area contributed by atoms with Crippen LogP contribution in [-0.2, 0) is 10.2 Å². The fraction of sp³-hybridized carbons (Fsp3) is 0.471. The second kappa shape index (κ2) is 6.35. The van der Waals surface area contributed by atoms with Gasteiger partial charge < -0.3 is 0 Å². The summed E-state index contributed by atoms with van der Waals surface area (Å²) in [6, 6.07) is 6.30. The first-order valence-corrected chi connectivity index (χ1v) is 8.81. The maximum atomic E-state index is 13.4. The van der Waals surface area contributed by atoms with E-state index < -0.39 is 5.41 Å². The molecule has 1 fully saturated rings. The molecular weight excluding hydrogens is 313 g/mol. The maximum Gasteiger partial charge on any atom is 0.236 e. The Labute approximate surface area is 139 Å². The molecule has 1 N–H and O–H groups in total. The van der Waals surface area contributed by atoms with Gasteiger partial charge in [-0.25, -0.2) is 4.39 Å². The number of anilines is 1. The lowest BCUT2D eigenvalue weighted by molar-refractivity contribution is -0.118. The molecule has 1 aliphatic carbocycles. The number of benzene rings is 1. The smallest absolute Gasteiger partial charge is 0.236 e. The normalized spacial score (nSPS) is 15.7. The monoisotopic (exact) mass is 333 g/mol. The van der Waals surface area contributed by atoms with Gasteiger partial charge in [0.2, 0.25) is 11.0 Å². The van der Waals surface area contributed by atoms with Crippen molar-refractivity contribution >= 4 is 22.4 Å². The molecule has 3 rings (SSSR count). The van der Waals surface area contributed by atoms with Gasteiger partial charge >= 0.3 is 0 Å². The Morgan fingerprint density at radius 2 is 2.09 bits per heavy atom. The van der Waals surface area contributed by atoms with Gasteiger partial charge in [-0.05, 0) is 43.4 Å². The highest BCUT2D eigenvalue weighted by Gasteiger charge is 2.51. The van der Waals surface area contributed by atoms with Crippen molar-refractivity contribution in [3.63, 3.8) is 0 Å². The lowest BCUT2D eigenvalue weighted by Gasteiger charge is -2.14. The highest BCUT2D eigenvalue weighted by Crippen LogP contribution is 2.49. The standard InChI is InChI=1S/C17H20FN3OS/c1-3-11(4-2)14-20-21-16(23-14)19-15(22)17(8-9-17)12-6-5-7-13(18)10-12/h5-7,10-11H,3-4,8-9H2,1-2H3,(H,19,21,22). The summed E-state index contributed by atoms with van der Waals surface area (Å²) in [7, 11) is 0. The topological polar surface area (TPSA) is 54.9 Å². The Morgan fingerprint density at radius 1 is 1.35 bits per heavy atom. The fourth-order valence-corrected chi connectivity index (χ4v) is 3.87. The molecule has 0 unspecified atom stereocenters. The molecule has 6 heteroatoms. The maximum absolute atomic E-state index is 13.4. The third kappa shape index (κ3) is 3.13. The Bertz CT molecular complexity index is 707. The number of hydrogen-bond donors (Lipinski definition) is 1. The SMILES string of the molecule is CCC(CC)c1nnc(NC(=O)C2(c3cccc(F)c3)CC2)s1. The molecule has 23 heavy (non-hydrogen) atoms. The molecule has 1 saturated carbocycles. The van der Waals surface area contributed by atoms with E-state index >= 15 is 0 Å². The van der Waals surface area contributed by atoms with Crippen molar-refractivity contribution in [2.24, 2.45) is 0 Å². The molecule has 1 aromatic carbocycles. The number of hydrogen-bond acceptors (Lipinski definition) is 4. The van der Waals surface area contributed by atoms with E-state index in [1.807, 2.05) is 6.07 Å². The Morgan fingerprint density at radius 3 is 2.70 bits per heavy atom. The van der Waals surface area contributed by atoms with Gasteiger partial charge in [-0.1, -0.05) is 37.3 Å². The predicted molar refractivity (Wildman–Crippen MR) is 89.2 cm³/mol. The Kier molecular flexibility index (Phi) is 4.43. The van der Waals surface area contributed by atoms with Crippen molar-refractivity contribution in [2.45, 2.75) is 50.9 Å². The van der Waals surface area contributed by atoms with Crippen LogP contribution >= 0.6 is 11.3 Å². The zero-order valence-corrected chi connectivity index (χ0v) is 14.1. The number of nitrogens with zero attached hydrogens (tertiary/aromatic N) is 2. The molecule has 2 aromatic rings. The van der Waals surface area contributed by atoms with Crippen molar-refractivity contribution < 1.29 is 9.18 Å². The highest BCUT2D eigenvalue weighted by atomic mass is 32.1. The number of carbonyl (C=O) groups excluding carboxylic acids is 1. The Hall–Kier alpha value is -1.82. The first-order chi connectivity index (χ1) is 11.1. The van der Waals surface area contributed by atoms with Crippen LogP contribution in [-0.4, -0.2) is 16.1 Å². The number of carbonyl (C=O) groups is 1. The third-order valence-electron chi connectivity index (χ3n) is 4.56. The van der Waals surface area contributed by atoms with Crippen LogP contribution in [0.1, 0.15) is 56.0 Å². The van der Waals surface area contributed by atoms with E-state index in [0.29, 0.717) is 11.0 Å². The van der Waals surface area contributed by atoms with Crippen LogP contribution in [0.2, 0.25) is 0 Å². The molecule has 1 heterocycles. The third-order valence-corrected chi connectivity index (χ3v) is 5.56. The lowest BCUT2D eigenvalue weighted by Crippen LogP contribution is -2.27. The minimum absolute atomic E-state index is 0.115. The van der Waals surface area contributed by atoms with Gasteiger partial charge in [-0.3, -0.25) is 10.1 Å². The lowest BCUT2D eigenvalue weighted by atomic mass is 9.95. The average Bonchev–Trinajstić information content (AvgIpc) is 3.24. The molecule has 0 spiro atoms. The number of halogens is 1. The van der Waals surface area contributed by atoms with Crippen LogP contribution in [0.25, 0.3) is 0 Å². The van der Waals surface area contributed by atoms with Gasteiger partial charge in [0.25, 0.3) is 0 Å². The van der Waals surface area contributed by atoms with E-state index in [1.54, 1.807) is 6.07 Å². The van der Waals surface area contributed by atoms with E-state index in [4.69, 9.17) is 0 Å². The van der Waals surface area contributed by atoms with Crippen LogP contribution in [0.5, 0.6) is 0 Å². The van der Waals surface area contributed by atoms with Crippen LogP contribution in [0, 0.1) is 5.82 Å². The van der Waals surface area contributed by atoms with Crippen LogP contribution in [0.15, 0.2) is 24.3 Å². The van der Waals surface area contributed by atoms with Crippen molar-refractivity contribution in [3.05, 3.63) is 40.7 Å². The molecule has 4 nitrogen and oxygen atoms in total. The predicted octanol–water partition coefficient (Wildman–Crippen LogP) is 4.25. The minimum Gasteiger partial charge on any atom is -0.300 e. The van der Waals surface area contributed by atoms with E-state index in [1.165, 1.54) is 23.5 Å². The van der Waals surface area contributed by atoms with Crippen LogP contribution < -0.4 is 5.32 Å². The largest absolute Gasteiger partial charge is 0.300 e. The van der Waals surface area contributed by atoms with Gasteiger partial charge in [0.1, 0.15) is 10.8 Å². The highest BCUT2D eigenvalue weighted by molar-refractivity contribution is 7.15. The summed E-state index contributed by atoms with van der Waals surface area (Å²) in [5.74, 6) is -0.0416. The van der Waals surface area contributed by atoms with Gasteiger partial charge in [0.05, 0.1) is 5.41 Å². The van der Waals surface area contributed by atoms with Gasteiger partial charge in [0.15, 0.2) is 0 Å². The summed E-state index contributed by atoms with van der Waals surface area (Å²) < 4.78 is 13.4. The molecule has 0 aliphatic heterocycles. The number of nitrogens with one attached hydrogen (secondary N) is 1. The summed E-state index contributed by atoms with van der Waals surface area (Å²) >= 11 is 1.43. The number of amides is 1. The van der Waals surface area contributed by atoms with E-state index in [0.717, 1.165) is 36.3 Å². The molecule has 1 aromatic heterocycles. The summed E-state index contributed by atoms with van der Waals surface area (Å²) in [4.78, 5) is 12.6. The molecule has 0 saturated heterocycles. The summed E-state index contributed by atoms with van der Waals surface area (Å²) in [5, 5.41) is 12.6. The second-order valence-electron chi connectivity index (χ2n) is 6.01. The zero-order chi connectivity index (χ0) is 16.4. The first-order valence-electron chi connectivity index (χ1n) is 8.00. The molecular formula is C17H20FN3OS. The molecule has 0 radical (unpaired) electrons. The number of aromatic nitrogens is 2. The Balaban J connectivity index is 1.75. The van der Waals surface area contributed by atoms with E-state index in [-0.39, 0.29) is 11.7 Å². The van der Waals surface area contributed by atoms with Crippen LogP contribution in [0.3, 0.4) is 0 Å². The number of rotatable bonds is 6. The molecule has 0 bridgehead atoms. The summed E-state index contributed by atoms with van der Waals surface area (Å²) in [5.41, 5.74) is 0.128.